The highest BCUT2D eigenvalue weighted by atomic mass is 32.1. The van der Waals surface area contributed by atoms with Gasteiger partial charge in [0, 0.05) is 24.0 Å². The molecule has 2 aromatic rings. The molecule has 0 bridgehead atoms. The second kappa shape index (κ2) is 9.84. The molecular weight excluding hydrogens is 390 g/mol. The average Bonchev–Trinajstić information content (AvgIpc) is 3.13. The average molecular weight is 420 g/mol. The van der Waals surface area contributed by atoms with E-state index in [1.54, 1.807) is 33.3 Å². The lowest BCUT2D eigenvalue weighted by Crippen LogP contribution is -2.42. The van der Waals surface area contributed by atoms with Gasteiger partial charge >= 0.3 is 5.97 Å². The number of nitrogens with zero attached hydrogens (tertiary/aromatic N) is 3. The molecule has 2 rings (SSSR count). The number of thiazole rings is 1. The van der Waals surface area contributed by atoms with Gasteiger partial charge in [0.2, 0.25) is 0 Å². The van der Waals surface area contributed by atoms with Crippen molar-refractivity contribution >= 4 is 23.2 Å². The number of hydrogen-bond acceptors (Lipinski definition) is 7. The van der Waals surface area contributed by atoms with Gasteiger partial charge in [-0.25, -0.2) is 4.98 Å². The van der Waals surface area contributed by atoms with Crippen molar-refractivity contribution in [2.24, 2.45) is 0 Å². The van der Waals surface area contributed by atoms with E-state index in [0.29, 0.717) is 18.8 Å². The van der Waals surface area contributed by atoms with E-state index in [2.05, 4.69) is 4.98 Å². The van der Waals surface area contributed by atoms with Gasteiger partial charge in [-0.05, 0) is 59.1 Å². The van der Waals surface area contributed by atoms with Crippen LogP contribution in [-0.2, 0) is 9.53 Å². The minimum Gasteiger partial charge on any atom is -0.497 e. The number of carbonyl (C=O) groups is 2. The van der Waals surface area contributed by atoms with E-state index in [4.69, 9.17) is 9.47 Å². The van der Waals surface area contributed by atoms with Gasteiger partial charge in [0.25, 0.3) is 5.91 Å². The Balaban J connectivity index is 2.16. The van der Waals surface area contributed by atoms with Crippen molar-refractivity contribution in [1.29, 1.82) is 0 Å². The summed E-state index contributed by atoms with van der Waals surface area (Å²) in [7, 11) is 5.45. The predicted octanol–water partition coefficient (Wildman–Crippen LogP) is 3.16. The van der Waals surface area contributed by atoms with E-state index in [0.717, 1.165) is 16.3 Å². The molecule has 0 fully saturated rings. The molecule has 0 unspecified atom stereocenters. The highest BCUT2D eigenvalue weighted by Crippen LogP contribution is 2.26. The number of benzene rings is 1. The van der Waals surface area contributed by atoms with E-state index >= 15 is 0 Å². The Bertz CT molecular complexity index is 825. The van der Waals surface area contributed by atoms with Crippen molar-refractivity contribution in [3.8, 4) is 16.3 Å². The maximum atomic E-state index is 13.0. The molecule has 0 aliphatic heterocycles. The second-order valence-corrected chi connectivity index (χ2v) is 8.74. The fourth-order valence-electron chi connectivity index (χ4n) is 2.50. The van der Waals surface area contributed by atoms with Crippen molar-refractivity contribution in [2.45, 2.75) is 26.4 Å². The maximum absolute atomic E-state index is 13.0. The third-order valence-corrected chi connectivity index (χ3v) is 4.80. The van der Waals surface area contributed by atoms with Crippen molar-refractivity contribution in [3.05, 3.63) is 35.3 Å². The molecule has 8 heteroatoms. The summed E-state index contributed by atoms with van der Waals surface area (Å²) < 4.78 is 10.6. The molecule has 0 N–H and O–H groups in total. The zero-order chi connectivity index (χ0) is 21.6. The molecule has 0 aliphatic carbocycles. The quantitative estimate of drug-likeness (QED) is 0.612. The third kappa shape index (κ3) is 7.14. The first kappa shape index (κ1) is 22.8. The molecule has 1 aromatic heterocycles. The smallest absolute Gasteiger partial charge is 0.326 e. The standard InChI is InChI=1S/C21H29N3O4S/c1-21(2,3)28-18(25)13-24(12-11-23(4)5)20(26)17-14-29-19(22-17)15-7-9-16(27-6)10-8-15/h7-10,14H,11-13H2,1-6H3. The predicted molar refractivity (Wildman–Crippen MR) is 114 cm³/mol. The van der Waals surface area contributed by atoms with Gasteiger partial charge in [0.1, 0.15) is 28.6 Å². The Morgan fingerprint density at radius 1 is 1.10 bits per heavy atom. The van der Waals surface area contributed by atoms with Crippen LogP contribution < -0.4 is 4.74 Å². The van der Waals surface area contributed by atoms with E-state index < -0.39 is 11.6 Å². The fraction of sp³-hybridized carbons (Fsp3) is 0.476. The molecule has 158 valence electrons. The lowest BCUT2D eigenvalue weighted by molar-refractivity contribution is -0.155. The second-order valence-electron chi connectivity index (χ2n) is 7.88. The molecule has 0 saturated heterocycles. The van der Waals surface area contributed by atoms with Gasteiger partial charge in [0.05, 0.1) is 7.11 Å². The topological polar surface area (TPSA) is 72.0 Å². The molecule has 7 nitrogen and oxygen atoms in total. The first-order chi connectivity index (χ1) is 13.6. The lowest BCUT2D eigenvalue weighted by atomic mass is 10.2. The Hall–Kier alpha value is -2.45. The van der Waals surface area contributed by atoms with Crippen LogP contribution in [0.25, 0.3) is 10.6 Å². The van der Waals surface area contributed by atoms with Crippen molar-refractivity contribution in [3.63, 3.8) is 0 Å². The van der Waals surface area contributed by atoms with Crippen LogP contribution in [0.15, 0.2) is 29.6 Å². The summed E-state index contributed by atoms with van der Waals surface area (Å²) in [5.74, 6) is 0.0396. The van der Waals surface area contributed by atoms with Crippen LogP contribution in [0.5, 0.6) is 5.75 Å². The highest BCUT2D eigenvalue weighted by Gasteiger charge is 2.24. The number of hydrogen-bond donors (Lipinski definition) is 0. The number of rotatable bonds is 8. The first-order valence-electron chi connectivity index (χ1n) is 9.35. The summed E-state index contributed by atoms with van der Waals surface area (Å²) in [4.78, 5) is 33.2. The molecule has 0 radical (unpaired) electrons. The molecular formula is C21H29N3O4S. The highest BCUT2D eigenvalue weighted by molar-refractivity contribution is 7.13. The van der Waals surface area contributed by atoms with Crippen LogP contribution in [0.4, 0.5) is 0 Å². The van der Waals surface area contributed by atoms with Crippen LogP contribution >= 0.6 is 11.3 Å². The summed E-state index contributed by atoms with van der Waals surface area (Å²) in [6.45, 7) is 6.33. The summed E-state index contributed by atoms with van der Waals surface area (Å²) in [5.41, 5.74) is 0.625. The number of ether oxygens (including phenoxy) is 2. The number of carbonyl (C=O) groups excluding carboxylic acids is 2. The summed E-state index contributed by atoms with van der Waals surface area (Å²) in [6.07, 6.45) is 0. The Kier molecular flexibility index (Phi) is 7.75. The van der Waals surface area contributed by atoms with Gasteiger partial charge in [-0.1, -0.05) is 0 Å². The van der Waals surface area contributed by atoms with Crippen molar-refractivity contribution in [2.75, 3.05) is 40.8 Å². The summed E-state index contributed by atoms with van der Waals surface area (Å²) >= 11 is 1.39. The largest absolute Gasteiger partial charge is 0.497 e. The van der Waals surface area contributed by atoms with Gasteiger partial charge in [-0.15, -0.1) is 11.3 Å². The van der Waals surface area contributed by atoms with Crippen LogP contribution in [0.2, 0.25) is 0 Å². The van der Waals surface area contributed by atoms with Gasteiger partial charge < -0.3 is 19.3 Å². The molecule has 0 aliphatic rings. The zero-order valence-electron chi connectivity index (χ0n) is 17.9. The number of likely N-dealkylation sites (N-methyl/N-ethyl adjacent to an activating group) is 1. The Morgan fingerprint density at radius 3 is 2.31 bits per heavy atom. The van der Waals surface area contributed by atoms with Crippen molar-refractivity contribution < 1.29 is 19.1 Å². The minimum absolute atomic E-state index is 0.112. The molecule has 0 atom stereocenters. The summed E-state index contributed by atoms with van der Waals surface area (Å²) in [5, 5.41) is 2.46. The zero-order valence-corrected chi connectivity index (χ0v) is 18.7. The first-order valence-corrected chi connectivity index (χ1v) is 10.2. The normalized spacial score (nSPS) is 11.4. The lowest BCUT2D eigenvalue weighted by Gasteiger charge is -2.25. The SMILES string of the molecule is COc1ccc(-c2nc(C(=O)N(CCN(C)C)CC(=O)OC(C)(C)C)cs2)cc1. The number of esters is 1. The summed E-state index contributed by atoms with van der Waals surface area (Å²) in [6, 6.07) is 7.50. The van der Waals surface area contributed by atoms with E-state index in [1.165, 1.54) is 16.2 Å². The van der Waals surface area contributed by atoms with E-state index in [1.807, 2.05) is 43.3 Å². The van der Waals surface area contributed by atoms with Gasteiger partial charge in [-0.2, -0.15) is 0 Å². The number of amides is 1. The fourth-order valence-corrected chi connectivity index (χ4v) is 3.30. The molecule has 0 spiro atoms. The van der Waals surface area contributed by atoms with E-state index in [9.17, 15) is 9.59 Å². The van der Waals surface area contributed by atoms with Crippen LogP contribution in [0.1, 0.15) is 31.3 Å². The van der Waals surface area contributed by atoms with Crippen LogP contribution in [-0.4, -0.2) is 73.1 Å². The number of aromatic nitrogens is 1. The molecule has 0 saturated carbocycles. The van der Waals surface area contributed by atoms with Crippen LogP contribution in [0, 0.1) is 0 Å². The minimum atomic E-state index is -0.602. The molecule has 1 aromatic carbocycles. The van der Waals surface area contributed by atoms with Crippen molar-refractivity contribution in [1.82, 2.24) is 14.8 Å². The number of methoxy groups -OCH3 is 1. The van der Waals surface area contributed by atoms with E-state index in [-0.39, 0.29) is 12.5 Å². The van der Waals surface area contributed by atoms with Crippen LogP contribution in [0.3, 0.4) is 0 Å². The molecule has 1 heterocycles. The maximum Gasteiger partial charge on any atom is 0.326 e. The Morgan fingerprint density at radius 2 is 1.76 bits per heavy atom. The van der Waals surface area contributed by atoms with Gasteiger partial charge in [0.15, 0.2) is 0 Å². The monoisotopic (exact) mass is 419 g/mol. The van der Waals surface area contributed by atoms with Gasteiger partial charge in [-0.3, -0.25) is 9.59 Å². The third-order valence-electron chi connectivity index (χ3n) is 3.90. The molecule has 1 amide bonds. The Labute approximate surface area is 176 Å². The molecule has 29 heavy (non-hydrogen) atoms.